The molecule has 0 radical (unpaired) electrons. The van der Waals surface area contributed by atoms with Crippen molar-refractivity contribution in [2.45, 2.75) is 36.7 Å². The van der Waals surface area contributed by atoms with Gasteiger partial charge in [0.05, 0.1) is 5.69 Å². The normalized spacial score (nSPS) is 17.6. The number of fused-ring (bicyclic) bond motifs is 1. The number of halogens is 6. The molecule has 1 aliphatic carbocycles. The summed E-state index contributed by atoms with van der Waals surface area (Å²) in [6.45, 7) is 2.62. The van der Waals surface area contributed by atoms with Crippen molar-refractivity contribution < 1.29 is 22.7 Å². The molecule has 0 spiro atoms. The van der Waals surface area contributed by atoms with Gasteiger partial charge in [0, 0.05) is 11.3 Å². The van der Waals surface area contributed by atoms with Crippen LogP contribution in [0.2, 0.25) is 0 Å². The van der Waals surface area contributed by atoms with Crippen molar-refractivity contribution in [3.05, 3.63) is 22.5 Å². The first-order valence-electron chi connectivity index (χ1n) is 6.98. The van der Waals surface area contributed by atoms with Crippen LogP contribution >= 0.6 is 34.8 Å². The Morgan fingerprint density at radius 2 is 1.96 bits per heavy atom. The number of ether oxygens (including phenoxy) is 1. The summed E-state index contributed by atoms with van der Waals surface area (Å²) in [6, 6.07) is 0. The van der Waals surface area contributed by atoms with Crippen LogP contribution < -0.4 is 5.32 Å². The molecule has 134 valence electrons. The van der Waals surface area contributed by atoms with E-state index in [1.165, 1.54) is 6.92 Å². The van der Waals surface area contributed by atoms with Crippen LogP contribution in [0.4, 0.5) is 23.7 Å². The molecule has 1 aromatic rings. The van der Waals surface area contributed by atoms with E-state index in [9.17, 15) is 18.0 Å². The number of hydrogen-bond acceptors (Lipinski definition) is 3. The summed E-state index contributed by atoms with van der Waals surface area (Å²) in [5.74, 6) is 0.133. The van der Waals surface area contributed by atoms with Gasteiger partial charge in [0.1, 0.15) is 12.3 Å². The van der Waals surface area contributed by atoms with E-state index >= 15 is 0 Å². The van der Waals surface area contributed by atoms with E-state index in [1.807, 2.05) is 6.92 Å². The zero-order valence-electron chi connectivity index (χ0n) is 12.7. The van der Waals surface area contributed by atoms with Crippen LogP contribution in [0.25, 0.3) is 0 Å². The van der Waals surface area contributed by atoms with Gasteiger partial charge in [0.25, 0.3) is 0 Å². The molecular formula is C14H14Cl3F3N2O2. The molecule has 24 heavy (non-hydrogen) atoms. The minimum absolute atomic E-state index is 0.0611. The first-order valence-corrected chi connectivity index (χ1v) is 8.12. The second kappa shape index (κ2) is 6.77. The maximum atomic E-state index is 13.2. The van der Waals surface area contributed by atoms with Crippen LogP contribution in [-0.4, -0.2) is 21.5 Å². The molecule has 0 saturated carbocycles. The molecule has 1 atom stereocenters. The summed E-state index contributed by atoms with van der Waals surface area (Å²) in [5.41, 5.74) is -0.213. The molecule has 1 amide bonds. The quantitative estimate of drug-likeness (QED) is 0.700. The minimum atomic E-state index is -4.62. The number of rotatable bonds is 2. The second-order valence-corrected chi connectivity index (χ2v) is 8.23. The smallest absolute Gasteiger partial charge is 0.433 e. The van der Waals surface area contributed by atoms with Crippen molar-refractivity contribution in [3.8, 4) is 0 Å². The summed E-state index contributed by atoms with van der Waals surface area (Å²) in [5, 5.41) is 2.34. The molecule has 0 aliphatic heterocycles. The third-order valence-corrected chi connectivity index (χ3v) is 3.91. The highest BCUT2D eigenvalue weighted by Gasteiger charge is 2.38. The topological polar surface area (TPSA) is 51.2 Å². The Hall–Kier alpha value is -0.920. The fraction of sp³-hybridized carbons (Fsp3) is 0.571. The monoisotopic (exact) mass is 404 g/mol. The lowest BCUT2D eigenvalue weighted by Crippen LogP contribution is -2.23. The third kappa shape index (κ3) is 4.58. The Morgan fingerprint density at radius 3 is 2.50 bits per heavy atom. The standard InChI is InChI=1S/C14H14Cl3F3N2O2/c1-6-3-8-9(4-6)21-11(14(18,19)20)7(2)10(8)22-12(23)24-5-13(15,16)17/h6H,3-5H2,1-2H3,(H,21,22,23). The number of nitrogens with zero attached hydrogens (tertiary/aromatic N) is 1. The lowest BCUT2D eigenvalue weighted by Gasteiger charge is -2.18. The molecule has 1 aromatic heterocycles. The molecule has 4 nitrogen and oxygen atoms in total. The zero-order valence-corrected chi connectivity index (χ0v) is 15.0. The maximum absolute atomic E-state index is 13.2. The van der Waals surface area contributed by atoms with Gasteiger partial charge in [-0.05, 0) is 31.2 Å². The molecule has 1 unspecified atom stereocenters. The summed E-state index contributed by atoms with van der Waals surface area (Å²) < 4.78 is 42.5. The van der Waals surface area contributed by atoms with Gasteiger partial charge < -0.3 is 4.74 Å². The van der Waals surface area contributed by atoms with E-state index in [1.54, 1.807) is 0 Å². The Kier molecular flexibility index (Phi) is 5.47. The van der Waals surface area contributed by atoms with Crippen LogP contribution in [0.3, 0.4) is 0 Å². The molecule has 0 aromatic carbocycles. The molecule has 0 bridgehead atoms. The van der Waals surface area contributed by atoms with Crippen molar-refractivity contribution in [2.75, 3.05) is 11.9 Å². The predicted molar refractivity (Wildman–Crippen MR) is 85.8 cm³/mol. The largest absolute Gasteiger partial charge is 0.445 e. The van der Waals surface area contributed by atoms with Gasteiger partial charge in [-0.1, -0.05) is 41.7 Å². The number of pyridine rings is 1. The molecule has 1 heterocycles. The van der Waals surface area contributed by atoms with Crippen LogP contribution in [0.5, 0.6) is 0 Å². The van der Waals surface area contributed by atoms with Gasteiger partial charge in [-0.3, -0.25) is 5.32 Å². The lowest BCUT2D eigenvalue weighted by molar-refractivity contribution is -0.141. The summed E-state index contributed by atoms with van der Waals surface area (Å²) >= 11 is 16.4. The number of aromatic nitrogens is 1. The van der Waals surface area contributed by atoms with E-state index in [0.29, 0.717) is 24.1 Å². The highest BCUT2D eigenvalue weighted by Crippen LogP contribution is 2.40. The van der Waals surface area contributed by atoms with Crippen LogP contribution in [0, 0.1) is 12.8 Å². The van der Waals surface area contributed by atoms with Gasteiger partial charge in [-0.15, -0.1) is 0 Å². The maximum Gasteiger partial charge on any atom is 0.433 e. The van der Waals surface area contributed by atoms with Gasteiger partial charge in [0.2, 0.25) is 3.79 Å². The first-order chi connectivity index (χ1) is 10.9. The fourth-order valence-corrected chi connectivity index (χ4v) is 2.81. The predicted octanol–water partition coefficient (Wildman–Crippen LogP) is 5.06. The number of alkyl halides is 6. The van der Waals surface area contributed by atoms with Crippen molar-refractivity contribution in [1.82, 2.24) is 4.98 Å². The zero-order chi connectivity index (χ0) is 18.3. The number of carbonyl (C=O) groups is 1. The highest BCUT2D eigenvalue weighted by molar-refractivity contribution is 6.67. The van der Waals surface area contributed by atoms with Crippen LogP contribution in [0.1, 0.15) is 29.4 Å². The molecule has 10 heteroatoms. The molecule has 0 fully saturated rings. The summed E-state index contributed by atoms with van der Waals surface area (Å²) in [7, 11) is 0. The van der Waals surface area contributed by atoms with Crippen molar-refractivity contribution >= 4 is 46.6 Å². The van der Waals surface area contributed by atoms with E-state index in [4.69, 9.17) is 39.5 Å². The molecular weight excluding hydrogens is 392 g/mol. The third-order valence-electron chi connectivity index (χ3n) is 3.58. The Labute approximate surface area is 151 Å². The van der Waals surface area contributed by atoms with Gasteiger partial charge >= 0.3 is 12.3 Å². The Bertz CT molecular complexity index is 660. The SMILES string of the molecule is Cc1c(C(F)(F)F)nc2c(c1NC(=O)OCC(Cl)(Cl)Cl)CC(C)C2. The van der Waals surface area contributed by atoms with E-state index in [0.717, 1.165) is 0 Å². The average Bonchev–Trinajstić information content (AvgIpc) is 2.78. The molecule has 1 aliphatic rings. The first kappa shape index (κ1) is 19.4. The van der Waals surface area contributed by atoms with E-state index in [2.05, 4.69) is 10.3 Å². The molecule has 1 N–H and O–H groups in total. The molecule has 0 saturated heterocycles. The van der Waals surface area contributed by atoms with Crippen molar-refractivity contribution in [2.24, 2.45) is 5.92 Å². The Morgan fingerprint density at radius 1 is 1.33 bits per heavy atom. The number of amides is 1. The number of anilines is 1. The number of hydrogen-bond donors (Lipinski definition) is 1. The van der Waals surface area contributed by atoms with Crippen molar-refractivity contribution in [3.63, 3.8) is 0 Å². The van der Waals surface area contributed by atoms with Crippen molar-refractivity contribution in [1.29, 1.82) is 0 Å². The minimum Gasteiger partial charge on any atom is -0.445 e. The number of nitrogens with one attached hydrogen (secondary N) is 1. The van der Waals surface area contributed by atoms with Gasteiger partial charge in [-0.2, -0.15) is 13.2 Å². The lowest BCUT2D eigenvalue weighted by atomic mass is 10.0. The summed E-state index contributed by atoms with van der Waals surface area (Å²) in [4.78, 5) is 15.6. The highest BCUT2D eigenvalue weighted by atomic mass is 35.6. The van der Waals surface area contributed by atoms with Gasteiger partial charge in [-0.25, -0.2) is 9.78 Å². The Balaban J connectivity index is 2.35. The van der Waals surface area contributed by atoms with E-state index in [-0.39, 0.29) is 17.2 Å². The number of carbonyl (C=O) groups excluding carboxylic acids is 1. The van der Waals surface area contributed by atoms with Crippen LogP contribution in [-0.2, 0) is 23.8 Å². The van der Waals surface area contributed by atoms with E-state index < -0.39 is 28.4 Å². The molecule has 2 rings (SSSR count). The average molecular weight is 406 g/mol. The summed E-state index contributed by atoms with van der Waals surface area (Å²) in [6.07, 6.45) is -4.69. The second-order valence-electron chi connectivity index (χ2n) is 5.71. The fourth-order valence-electron chi connectivity index (χ4n) is 2.65. The van der Waals surface area contributed by atoms with Crippen LogP contribution in [0.15, 0.2) is 0 Å². The van der Waals surface area contributed by atoms with Gasteiger partial charge in [0.15, 0.2) is 0 Å².